The highest BCUT2D eigenvalue weighted by molar-refractivity contribution is 5.86. The topological polar surface area (TPSA) is 48.7 Å². The number of fused-ring (bicyclic) bond motifs is 1. The molecule has 2 rings (SSSR count). The van der Waals surface area contributed by atoms with Gasteiger partial charge in [0.25, 0.3) is 0 Å². The van der Waals surface area contributed by atoms with Crippen LogP contribution in [0.25, 0.3) is 10.9 Å². The Hall–Kier alpha value is -2.08. The van der Waals surface area contributed by atoms with Crippen molar-refractivity contribution in [2.75, 3.05) is 11.9 Å². The molecule has 92 valence electrons. The van der Waals surface area contributed by atoms with Gasteiger partial charge in [-0.25, -0.2) is 4.98 Å². The minimum atomic E-state index is 0.661. The molecule has 0 aliphatic carbocycles. The predicted octanol–water partition coefficient (Wildman–Crippen LogP) is 3.56. The number of nitrogens with zero attached hydrogens (tertiary/aromatic N) is 2. The largest absolute Gasteiger partial charge is 0.370 e. The number of aromatic nitrogens is 1. The molecule has 0 amide bonds. The Bertz CT molecular complexity index is 582. The summed E-state index contributed by atoms with van der Waals surface area (Å²) < 4.78 is 0. The molecule has 18 heavy (non-hydrogen) atoms. The summed E-state index contributed by atoms with van der Waals surface area (Å²) in [5, 5.41) is 13.4. The smallest absolute Gasteiger partial charge is 0.127 e. The normalized spacial score (nSPS) is 10.6. The number of pyridine rings is 1. The molecule has 0 bridgehead atoms. The minimum Gasteiger partial charge on any atom is -0.370 e. The van der Waals surface area contributed by atoms with Crippen LogP contribution < -0.4 is 5.32 Å². The van der Waals surface area contributed by atoms with E-state index in [2.05, 4.69) is 30.2 Å². The molecule has 3 nitrogen and oxygen atoms in total. The highest BCUT2D eigenvalue weighted by atomic mass is 15.0. The van der Waals surface area contributed by atoms with E-state index < -0.39 is 0 Å². The average molecular weight is 239 g/mol. The van der Waals surface area contributed by atoms with Crippen molar-refractivity contribution in [3.8, 4) is 6.07 Å². The molecule has 0 fully saturated rings. The standard InChI is InChI=1S/C15H17N3/c1-11(2)7-8-17-15-9-12(10-16)13-5-3-4-6-14(13)18-15/h3-6,9,11H,7-8H2,1-2H3,(H,17,18). The van der Waals surface area contributed by atoms with Gasteiger partial charge in [0.2, 0.25) is 0 Å². The predicted molar refractivity (Wildman–Crippen MR) is 74.4 cm³/mol. The molecule has 0 atom stereocenters. The highest BCUT2D eigenvalue weighted by Crippen LogP contribution is 2.20. The molecule has 1 aromatic carbocycles. The van der Waals surface area contributed by atoms with Gasteiger partial charge in [0.1, 0.15) is 5.82 Å². The van der Waals surface area contributed by atoms with Crippen LogP contribution in [-0.2, 0) is 0 Å². The summed E-state index contributed by atoms with van der Waals surface area (Å²) in [6, 6.07) is 11.8. The number of benzene rings is 1. The fraction of sp³-hybridized carbons (Fsp3) is 0.333. The molecular weight excluding hydrogens is 222 g/mol. The maximum atomic E-state index is 9.17. The second-order valence-electron chi connectivity index (χ2n) is 4.79. The number of rotatable bonds is 4. The molecule has 0 saturated heterocycles. The Morgan fingerprint density at radius 1 is 1.33 bits per heavy atom. The molecule has 2 aromatic rings. The first-order chi connectivity index (χ1) is 8.70. The first-order valence-corrected chi connectivity index (χ1v) is 6.24. The molecule has 1 heterocycles. The van der Waals surface area contributed by atoms with Gasteiger partial charge in [0, 0.05) is 11.9 Å². The summed E-state index contributed by atoms with van der Waals surface area (Å²) >= 11 is 0. The number of nitriles is 1. The van der Waals surface area contributed by atoms with Gasteiger partial charge in [-0.15, -0.1) is 0 Å². The van der Waals surface area contributed by atoms with Crippen LogP contribution in [0.4, 0.5) is 5.82 Å². The minimum absolute atomic E-state index is 0.661. The first-order valence-electron chi connectivity index (χ1n) is 6.24. The van der Waals surface area contributed by atoms with E-state index in [1.165, 1.54) is 0 Å². The van der Waals surface area contributed by atoms with Crippen molar-refractivity contribution in [3.63, 3.8) is 0 Å². The van der Waals surface area contributed by atoms with Gasteiger partial charge in [0.15, 0.2) is 0 Å². The van der Waals surface area contributed by atoms with Crippen molar-refractivity contribution in [2.45, 2.75) is 20.3 Å². The number of hydrogen-bond acceptors (Lipinski definition) is 3. The second kappa shape index (κ2) is 5.50. The van der Waals surface area contributed by atoms with Gasteiger partial charge in [-0.05, 0) is 24.5 Å². The van der Waals surface area contributed by atoms with Crippen LogP contribution in [0, 0.1) is 17.2 Å². The van der Waals surface area contributed by atoms with E-state index in [4.69, 9.17) is 5.26 Å². The van der Waals surface area contributed by atoms with Crippen LogP contribution >= 0.6 is 0 Å². The van der Waals surface area contributed by atoms with Gasteiger partial charge >= 0.3 is 0 Å². The summed E-state index contributed by atoms with van der Waals surface area (Å²) in [6.45, 7) is 5.26. The third-order valence-electron chi connectivity index (χ3n) is 2.86. The van der Waals surface area contributed by atoms with Crippen molar-refractivity contribution < 1.29 is 0 Å². The van der Waals surface area contributed by atoms with Crippen LogP contribution in [0.1, 0.15) is 25.8 Å². The lowest BCUT2D eigenvalue weighted by Crippen LogP contribution is -2.06. The van der Waals surface area contributed by atoms with E-state index in [-0.39, 0.29) is 0 Å². The Morgan fingerprint density at radius 2 is 2.11 bits per heavy atom. The Balaban J connectivity index is 2.27. The molecule has 0 radical (unpaired) electrons. The lowest BCUT2D eigenvalue weighted by atomic mass is 10.1. The highest BCUT2D eigenvalue weighted by Gasteiger charge is 2.04. The average Bonchev–Trinajstić information content (AvgIpc) is 2.37. The summed E-state index contributed by atoms with van der Waals surface area (Å²) in [4.78, 5) is 4.52. The molecule has 0 unspecified atom stereocenters. The third-order valence-corrected chi connectivity index (χ3v) is 2.86. The van der Waals surface area contributed by atoms with Crippen molar-refractivity contribution >= 4 is 16.7 Å². The maximum absolute atomic E-state index is 9.17. The zero-order valence-corrected chi connectivity index (χ0v) is 10.8. The van der Waals surface area contributed by atoms with E-state index in [1.54, 1.807) is 0 Å². The van der Waals surface area contributed by atoms with Crippen molar-refractivity contribution in [3.05, 3.63) is 35.9 Å². The van der Waals surface area contributed by atoms with Gasteiger partial charge in [-0.2, -0.15) is 5.26 Å². The van der Waals surface area contributed by atoms with Crippen molar-refractivity contribution in [1.82, 2.24) is 4.98 Å². The Labute approximate surface area is 107 Å². The van der Waals surface area contributed by atoms with Crippen molar-refractivity contribution in [2.24, 2.45) is 5.92 Å². The molecule has 0 aliphatic heterocycles. The summed E-state index contributed by atoms with van der Waals surface area (Å²) in [5.74, 6) is 1.44. The van der Waals surface area contributed by atoms with Crippen LogP contribution in [0.15, 0.2) is 30.3 Å². The van der Waals surface area contributed by atoms with Crippen LogP contribution in [0.3, 0.4) is 0 Å². The van der Waals surface area contributed by atoms with Crippen LogP contribution in [-0.4, -0.2) is 11.5 Å². The number of anilines is 1. The third kappa shape index (κ3) is 2.78. The molecule has 0 aliphatic rings. The van der Waals surface area contributed by atoms with Crippen LogP contribution in [0.5, 0.6) is 0 Å². The molecule has 0 saturated carbocycles. The molecule has 3 heteroatoms. The van der Waals surface area contributed by atoms with Gasteiger partial charge < -0.3 is 5.32 Å². The number of hydrogen-bond donors (Lipinski definition) is 1. The monoisotopic (exact) mass is 239 g/mol. The Kier molecular flexibility index (Phi) is 3.78. The number of para-hydroxylation sites is 1. The SMILES string of the molecule is CC(C)CCNc1cc(C#N)c2ccccc2n1. The summed E-state index contributed by atoms with van der Waals surface area (Å²) in [7, 11) is 0. The van der Waals surface area contributed by atoms with Gasteiger partial charge in [-0.1, -0.05) is 32.0 Å². The Morgan fingerprint density at radius 3 is 2.83 bits per heavy atom. The van der Waals surface area contributed by atoms with E-state index in [9.17, 15) is 0 Å². The lowest BCUT2D eigenvalue weighted by molar-refractivity contribution is 0.607. The zero-order chi connectivity index (χ0) is 13.0. The van der Waals surface area contributed by atoms with Crippen molar-refractivity contribution in [1.29, 1.82) is 5.26 Å². The quantitative estimate of drug-likeness (QED) is 0.887. The molecule has 1 N–H and O–H groups in total. The molecule has 1 aromatic heterocycles. The fourth-order valence-corrected chi connectivity index (χ4v) is 1.85. The first kappa shape index (κ1) is 12.4. The fourth-order valence-electron chi connectivity index (χ4n) is 1.85. The summed E-state index contributed by atoms with van der Waals surface area (Å²) in [5.41, 5.74) is 1.54. The zero-order valence-electron chi connectivity index (χ0n) is 10.8. The summed E-state index contributed by atoms with van der Waals surface area (Å²) in [6.07, 6.45) is 1.09. The van der Waals surface area contributed by atoms with Crippen LogP contribution in [0.2, 0.25) is 0 Å². The van der Waals surface area contributed by atoms with Gasteiger partial charge in [-0.3, -0.25) is 0 Å². The lowest BCUT2D eigenvalue weighted by Gasteiger charge is -2.09. The maximum Gasteiger partial charge on any atom is 0.127 e. The second-order valence-corrected chi connectivity index (χ2v) is 4.79. The number of nitrogens with one attached hydrogen (secondary N) is 1. The van der Waals surface area contributed by atoms with E-state index in [1.807, 2.05) is 30.3 Å². The van der Waals surface area contributed by atoms with E-state index in [0.717, 1.165) is 29.7 Å². The molecular formula is C15H17N3. The van der Waals surface area contributed by atoms with E-state index >= 15 is 0 Å². The van der Waals surface area contributed by atoms with E-state index in [0.29, 0.717) is 11.5 Å². The molecule has 0 spiro atoms. The van der Waals surface area contributed by atoms with Gasteiger partial charge in [0.05, 0.1) is 17.1 Å².